The standard InChI is InChI=1S/C77H136O6/c1-4-7-10-13-16-19-22-25-28-31-34-36-38-40-43-46-49-52-55-58-61-64-67-70-76(79)82-73-74(72-81-75(78)69-66-63-60-57-54-51-48-45-42-33-30-27-24-21-18-15-12-9-6-3)83-77(80)71-68-65-62-59-56-53-50-47-44-41-39-37-35-32-29-26-23-20-17-14-11-8-5-2/h18,21-23,25-27,30-32,34-35,42,45,74H,4-17,19-20,24,28-29,33,36-41,43-44,46-73H2,1-3H3/b21-18-,25-22-,26-23-,30-27-,34-31-,35-32-,45-42-. The molecule has 1 unspecified atom stereocenters. The third kappa shape index (κ3) is 69.3. The van der Waals surface area contributed by atoms with E-state index in [-0.39, 0.29) is 31.1 Å². The molecule has 0 spiro atoms. The quantitative estimate of drug-likeness (QED) is 0.0261. The van der Waals surface area contributed by atoms with E-state index in [1.54, 1.807) is 0 Å². The maximum absolute atomic E-state index is 13.0. The number of unbranched alkanes of at least 4 members (excludes halogenated alkanes) is 41. The monoisotopic (exact) mass is 1160 g/mol. The molecule has 0 aromatic heterocycles. The Kier molecular flexibility index (Phi) is 68.2. The Balaban J connectivity index is 4.38. The molecule has 0 aromatic carbocycles. The maximum atomic E-state index is 13.0. The zero-order valence-corrected chi connectivity index (χ0v) is 55.2. The lowest BCUT2D eigenvalue weighted by molar-refractivity contribution is -0.167. The number of carbonyl (C=O) groups excluding carboxylic acids is 3. The minimum Gasteiger partial charge on any atom is -0.462 e. The third-order valence-corrected chi connectivity index (χ3v) is 15.8. The second kappa shape index (κ2) is 71.1. The molecule has 0 rings (SSSR count). The number of carbonyl (C=O) groups is 3. The Morgan fingerprint density at radius 3 is 0.699 bits per heavy atom. The van der Waals surface area contributed by atoms with E-state index in [2.05, 4.69) is 106 Å². The summed E-state index contributed by atoms with van der Waals surface area (Å²) in [5.41, 5.74) is 0. The van der Waals surface area contributed by atoms with Gasteiger partial charge in [0, 0.05) is 19.3 Å². The Morgan fingerprint density at radius 1 is 0.241 bits per heavy atom. The molecule has 0 radical (unpaired) electrons. The molecule has 0 aliphatic rings. The molecule has 0 bridgehead atoms. The van der Waals surface area contributed by atoms with Gasteiger partial charge in [-0.1, -0.05) is 311 Å². The van der Waals surface area contributed by atoms with E-state index in [1.165, 1.54) is 238 Å². The van der Waals surface area contributed by atoms with Crippen LogP contribution >= 0.6 is 0 Å². The summed E-state index contributed by atoms with van der Waals surface area (Å²) in [5.74, 6) is -0.878. The molecule has 480 valence electrons. The number of rotatable bonds is 66. The molecular formula is C77H136O6. The first-order valence-electron chi connectivity index (χ1n) is 36.1. The highest BCUT2D eigenvalue weighted by Gasteiger charge is 2.19. The largest absolute Gasteiger partial charge is 0.462 e. The molecule has 0 fully saturated rings. The van der Waals surface area contributed by atoms with Gasteiger partial charge in [-0.05, 0) is 122 Å². The molecule has 0 amide bonds. The fourth-order valence-corrected chi connectivity index (χ4v) is 10.4. The minimum atomic E-state index is -0.787. The first-order chi connectivity index (χ1) is 41.0. The summed E-state index contributed by atoms with van der Waals surface area (Å²) in [5, 5.41) is 0. The van der Waals surface area contributed by atoms with Crippen molar-refractivity contribution >= 4 is 17.9 Å². The zero-order chi connectivity index (χ0) is 59.9. The van der Waals surface area contributed by atoms with Crippen molar-refractivity contribution in [2.45, 2.75) is 374 Å². The lowest BCUT2D eigenvalue weighted by Gasteiger charge is -2.18. The van der Waals surface area contributed by atoms with Crippen LogP contribution in [-0.4, -0.2) is 37.2 Å². The summed E-state index contributed by atoms with van der Waals surface area (Å²) < 4.78 is 17.0. The van der Waals surface area contributed by atoms with Gasteiger partial charge >= 0.3 is 17.9 Å². The lowest BCUT2D eigenvalue weighted by atomic mass is 10.0. The average Bonchev–Trinajstić information content (AvgIpc) is 3.49. The van der Waals surface area contributed by atoms with Gasteiger partial charge in [0.2, 0.25) is 0 Å². The molecule has 6 nitrogen and oxygen atoms in total. The molecule has 0 aliphatic heterocycles. The van der Waals surface area contributed by atoms with Crippen LogP contribution in [0.5, 0.6) is 0 Å². The van der Waals surface area contributed by atoms with Crippen molar-refractivity contribution in [1.82, 2.24) is 0 Å². The second-order valence-corrected chi connectivity index (χ2v) is 24.1. The second-order valence-electron chi connectivity index (χ2n) is 24.1. The highest BCUT2D eigenvalue weighted by Crippen LogP contribution is 2.17. The SMILES string of the molecule is CCCCC/C=C\C/C=C\C/C=C\CCCCCCCCC(=O)OCC(COC(=O)CCCCCCCCCCCCC/C=C\C/C=C\CCCCCCC)OC(=O)CCCCCCCCCCCCC/C=C\C/C=C\CCCCCCC. The Bertz CT molecular complexity index is 1570. The number of allylic oxidation sites excluding steroid dienone is 14. The van der Waals surface area contributed by atoms with E-state index in [1.807, 2.05) is 0 Å². The third-order valence-electron chi connectivity index (χ3n) is 15.8. The molecule has 0 heterocycles. The van der Waals surface area contributed by atoms with E-state index >= 15 is 0 Å². The van der Waals surface area contributed by atoms with Crippen LogP contribution in [0.25, 0.3) is 0 Å². The van der Waals surface area contributed by atoms with Gasteiger partial charge in [-0.2, -0.15) is 0 Å². The molecule has 83 heavy (non-hydrogen) atoms. The Hall–Kier alpha value is -3.41. The van der Waals surface area contributed by atoms with Gasteiger partial charge in [-0.25, -0.2) is 0 Å². The predicted molar refractivity (Wildman–Crippen MR) is 362 cm³/mol. The molecule has 6 heteroatoms. The van der Waals surface area contributed by atoms with Crippen LogP contribution in [0.3, 0.4) is 0 Å². The first kappa shape index (κ1) is 79.6. The van der Waals surface area contributed by atoms with Crippen LogP contribution in [0.1, 0.15) is 367 Å². The van der Waals surface area contributed by atoms with E-state index in [0.29, 0.717) is 19.3 Å². The Labute approximate surface area is 515 Å². The van der Waals surface area contributed by atoms with E-state index < -0.39 is 6.10 Å². The van der Waals surface area contributed by atoms with Crippen LogP contribution in [-0.2, 0) is 28.6 Å². The van der Waals surface area contributed by atoms with Crippen molar-refractivity contribution in [2.24, 2.45) is 0 Å². The van der Waals surface area contributed by atoms with Crippen LogP contribution in [0.15, 0.2) is 85.1 Å². The van der Waals surface area contributed by atoms with Crippen molar-refractivity contribution in [2.75, 3.05) is 13.2 Å². The van der Waals surface area contributed by atoms with Gasteiger partial charge in [-0.3, -0.25) is 14.4 Å². The number of ether oxygens (including phenoxy) is 3. The molecule has 1 atom stereocenters. The highest BCUT2D eigenvalue weighted by atomic mass is 16.6. The predicted octanol–water partition coefficient (Wildman–Crippen LogP) is 25.0. The average molecular weight is 1160 g/mol. The molecule has 0 N–H and O–H groups in total. The van der Waals surface area contributed by atoms with Gasteiger partial charge in [0.05, 0.1) is 0 Å². The van der Waals surface area contributed by atoms with Crippen molar-refractivity contribution < 1.29 is 28.6 Å². The molecule has 0 aromatic rings. The summed E-state index contributed by atoms with van der Waals surface area (Å²) in [7, 11) is 0. The van der Waals surface area contributed by atoms with Crippen molar-refractivity contribution in [3.8, 4) is 0 Å². The van der Waals surface area contributed by atoms with Gasteiger partial charge in [-0.15, -0.1) is 0 Å². The summed E-state index contributed by atoms with van der Waals surface area (Å²) in [4.78, 5) is 38.5. The summed E-state index contributed by atoms with van der Waals surface area (Å²) in [6, 6.07) is 0. The van der Waals surface area contributed by atoms with Gasteiger partial charge in [0.1, 0.15) is 13.2 Å². The Morgan fingerprint density at radius 2 is 0.434 bits per heavy atom. The number of esters is 3. The summed E-state index contributed by atoms with van der Waals surface area (Å²) in [6.45, 7) is 6.63. The van der Waals surface area contributed by atoms with E-state index in [4.69, 9.17) is 14.2 Å². The van der Waals surface area contributed by atoms with Crippen LogP contribution in [0, 0.1) is 0 Å². The molecular weight excluding hydrogens is 1020 g/mol. The van der Waals surface area contributed by atoms with Crippen molar-refractivity contribution in [3.63, 3.8) is 0 Å². The normalized spacial score (nSPS) is 12.6. The maximum Gasteiger partial charge on any atom is 0.306 e. The number of hydrogen-bond acceptors (Lipinski definition) is 6. The lowest BCUT2D eigenvalue weighted by Crippen LogP contribution is -2.30. The number of hydrogen-bond donors (Lipinski definition) is 0. The van der Waals surface area contributed by atoms with Gasteiger partial charge < -0.3 is 14.2 Å². The highest BCUT2D eigenvalue weighted by molar-refractivity contribution is 5.71. The topological polar surface area (TPSA) is 78.9 Å². The summed E-state index contributed by atoms with van der Waals surface area (Å²) in [6.07, 6.45) is 94.5. The van der Waals surface area contributed by atoms with Gasteiger partial charge in [0.15, 0.2) is 6.10 Å². The van der Waals surface area contributed by atoms with Crippen LogP contribution < -0.4 is 0 Å². The van der Waals surface area contributed by atoms with Crippen LogP contribution in [0.4, 0.5) is 0 Å². The van der Waals surface area contributed by atoms with Gasteiger partial charge in [0.25, 0.3) is 0 Å². The zero-order valence-electron chi connectivity index (χ0n) is 55.2. The first-order valence-corrected chi connectivity index (χ1v) is 36.1. The molecule has 0 saturated heterocycles. The fraction of sp³-hybridized carbons (Fsp3) is 0.779. The molecule has 0 saturated carbocycles. The minimum absolute atomic E-state index is 0.0808. The van der Waals surface area contributed by atoms with E-state index in [9.17, 15) is 14.4 Å². The van der Waals surface area contributed by atoms with E-state index in [0.717, 1.165) is 89.9 Å². The smallest absolute Gasteiger partial charge is 0.306 e. The van der Waals surface area contributed by atoms with Crippen molar-refractivity contribution in [3.05, 3.63) is 85.1 Å². The fourth-order valence-electron chi connectivity index (χ4n) is 10.4. The van der Waals surface area contributed by atoms with Crippen molar-refractivity contribution in [1.29, 1.82) is 0 Å². The van der Waals surface area contributed by atoms with Crippen LogP contribution in [0.2, 0.25) is 0 Å². The summed E-state index contributed by atoms with van der Waals surface area (Å²) >= 11 is 0. The molecule has 0 aliphatic carbocycles.